The van der Waals surface area contributed by atoms with Crippen molar-refractivity contribution >= 4 is 23.5 Å². The van der Waals surface area contributed by atoms with Gasteiger partial charge in [0.25, 0.3) is 0 Å². The number of nitrogens with one attached hydrogen (secondary N) is 3. The number of ether oxygens (including phenoxy) is 1. The largest absolute Gasteiger partial charge is 0.446 e. The van der Waals surface area contributed by atoms with Gasteiger partial charge in [0.15, 0.2) is 5.78 Å². The van der Waals surface area contributed by atoms with E-state index in [9.17, 15) is 14.4 Å². The van der Waals surface area contributed by atoms with Gasteiger partial charge in [-0.05, 0) is 42.9 Å². The van der Waals surface area contributed by atoms with Crippen molar-refractivity contribution in [2.45, 2.75) is 44.8 Å². The van der Waals surface area contributed by atoms with Crippen molar-refractivity contribution in [2.75, 3.05) is 38.0 Å². The zero-order chi connectivity index (χ0) is 29.1. The van der Waals surface area contributed by atoms with E-state index in [1.54, 1.807) is 0 Å². The first-order valence-electron chi connectivity index (χ1n) is 15.0. The summed E-state index contributed by atoms with van der Waals surface area (Å²) in [5.74, 6) is 0.359. The Labute approximate surface area is 247 Å². The van der Waals surface area contributed by atoms with E-state index in [4.69, 9.17) is 4.74 Å². The lowest BCUT2D eigenvalue weighted by atomic mass is 9.85. The number of hydrogen-bond donors (Lipinski definition) is 3. The molecule has 8 nitrogen and oxygen atoms in total. The molecular formula is C34H40N4O4. The number of benzene rings is 3. The molecule has 2 aliphatic rings. The van der Waals surface area contributed by atoms with Gasteiger partial charge in [-0.25, -0.2) is 4.79 Å². The molecule has 1 heterocycles. The molecule has 1 saturated heterocycles. The van der Waals surface area contributed by atoms with Crippen LogP contribution in [-0.2, 0) is 16.1 Å². The Hall–Kier alpha value is -4.01. The number of para-hydroxylation sites is 1. The summed E-state index contributed by atoms with van der Waals surface area (Å²) in [5.41, 5.74) is 4.39. The molecule has 1 aliphatic carbocycles. The highest BCUT2D eigenvalue weighted by atomic mass is 16.6. The molecule has 1 saturated carbocycles. The Bertz CT molecular complexity index is 1330. The van der Waals surface area contributed by atoms with Gasteiger partial charge in [0.05, 0.1) is 12.2 Å². The first-order valence-corrected chi connectivity index (χ1v) is 15.0. The molecule has 5 rings (SSSR count). The topological polar surface area (TPSA) is 99.8 Å². The van der Waals surface area contributed by atoms with E-state index in [0.717, 1.165) is 74.1 Å². The Balaban J connectivity index is 0.962. The maximum atomic E-state index is 12.6. The molecule has 2 fully saturated rings. The van der Waals surface area contributed by atoms with Crippen molar-refractivity contribution in [1.29, 1.82) is 0 Å². The third-order valence-corrected chi connectivity index (χ3v) is 8.17. The average molecular weight is 569 g/mol. The predicted molar refractivity (Wildman–Crippen MR) is 164 cm³/mol. The first-order chi connectivity index (χ1) is 20.5. The minimum Gasteiger partial charge on any atom is -0.446 e. The summed E-state index contributed by atoms with van der Waals surface area (Å²) in [7, 11) is 0. The number of likely N-dealkylation sites (tertiary alicyclic amines) is 1. The van der Waals surface area contributed by atoms with Crippen LogP contribution in [0.3, 0.4) is 0 Å². The van der Waals surface area contributed by atoms with Crippen LogP contribution in [0.5, 0.6) is 0 Å². The molecule has 220 valence electrons. The van der Waals surface area contributed by atoms with E-state index in [2.05, 4.69) is 20.9 Å². The van der Waals surface area contributed by atoms with Gasteiger partial charge in [-0.1, -0.05) is 79.2 Å². The molecule has 0 spiro atoms. The standard InChI is InChI=1S/C34H40N4O4/c39-32(27-15-13-25(14-16-27)23-36-33(40)28-9-6-10-28)24-35-19-22-38-20-17-29(18-21-38)42-34(41)37-31-12-5-4-11-30(31)26-7-2-1-3-8-26/h1-5,7-8,11-16,28-29,35H,6,9-10,17-24H2,(H,36,40)(H,37,41). The summed E-state index contributed by atoms with van der Waals surface area (Å²) >= 11 is 0. The monoisotopic (exact) mass is 568 g/mol. The van der Waals surface area contributed by atoms with Crippen LogP contribution in [0, 0.1) is 5.92 Å². The van der Waals surface area contributed by atoms with Gasteiger partial charge in [-0.15, -0.1) is 0 Å². The van der Waals surface area contributed by atoms with Gasteiger partial charge >= 0.3 is 6.09 Å². The van der Waals surface area contributed by atoms with E-state index in [-0.39, 0.29) is 30.3 Å². The highest BCUT2D eigenvalue weighted by Crippen LogP contribution is 2.28. The molecule has 2 amide bonds. The van der Waals surface area contributed by atoms with Gasteiger partial charge in [-0.3, -0.25) is 14.9 Å². The summed E-state index contributed by atoms with van der Waals surface area (Å²) in [4.78, 5) is 39.6. The number of anilines is 1. The number of rotatable bonds is 12. The lowest BCUT2D eigenvalue weighted by Crippen LogP contribution is -2.42. The lowest BCUT2D eigenvalue weighted by molar-refractivity contribution is -0.127. The average Bonchev–Trinajstić information content (AvgIpc) is 2.99. The van der Waals surface area contributed by atoms with E-state index < -0.39 is 6.09 Å². The summed E-state index contributed by atoms with van der Waals surface area (Å²) in [5, 5.41) is 9.16. The molecule has 0 bridgehead atoms. The minimum absolute atomic E-state index is 0.0482. The maximum Gasteiger partial charge on any atom is 0.411 e. The zero-order valence-electron chi connectivity index (χ0n) is 24.0. The van der Waals surface area contributed by atoms with Crippen LogP contribution in [0.1, 0.15) is 48.0 Å². The molecule has 8 heteroatoms. The highest BCUT2D eigenvalue weighted by Gasteiger charge is 2.25. The van der Waals surface area contributed by atoms with Gasteiger partial charge in [0.1, 0.15) is 6.10 Å². The smallest absolute Gasteiger partial charge is 0.411 e. The van der Waals surface area contributed by atoms with Crippen LogP contribution < -0.4 is 16.0 Å². The minimum atomic E-state index is -0.427. The molecule has 42 heavy (non-hydrogen) atoms. The number of nitrogens with zero attached hydrogens (tertiary/aromatic N) is 1. The molecule has 3 aromatic carbocycles. The molecule has 0 atom stereocenters. The molecule has 3 aromatic rings. The van der Waals surface area contributed by atoms with Gasteiger partial charge in [0.2, 0.25) is 5.91 Å². The molecule has 3 N–H and O–H groups in total. The molecule has 1 aliphatic heterocycles. The number of carbonyl (C=O) groups is 3. The third kappa shape index (κ3) is 8.27. The normalized spacial score (nSPS) is 15.9. The number of amides is 2. The van der Waals surface area contributed by atoms with Crippen LogP contribution in [0.2, 0.25) is 0 Å². The van der Waals surface area contributed by atoms with Gasteiger partial charge < -0.3 is 20.3 Å². The van der Waals surface area contributed by atoms with Crippen molar-refractivity contribution in [3.63, 3.8) is 0 Å². The Morgan fingerprint density at radius 3 is 2.26 bits per heavy atom. The van der Waals surface area contributed by atoms with Crippen LogP contribution in [0.4, 0.5) is 10.5 Å². The third-order valence-electron chi connectivity index (χ3n) is 8.17. The Morgan fingerprint density at radius 1 is 0.833 bits per heavy atom. The summed E-state index contributed by atoms with van der Waals surface area (Å²) < 4.78 is 5.74. The van der Waals surface area contributed by atoms with E-state index in [1.165, 1.54) is 0 Å². The van der Waals surface area contributed by atoms with Crippen LogP contribution in [-0.4, -0.2) is 61.5 Å². The number of piperidine rings is 1. The Kier molecular flexibility index (Phi) is 10.4. The molecule has 0 unspecified atom stereocenters. The molecular weight excluding hydrogens is 528 g/mol. The number of ketones is 1. The van der Waals surface area contributed by atoms with E-state index in [0.29, 0.717) is 18.7 Å². The van der Waals surface area contributed by atoms with Crippen LogP contribution in [0.15, 0.2) is 78.9 Å². The second kappa shape index (κ2) is 14.8. The second-order valence-corrected chi connectivity index (χ2v) is 11.1. The van der Waals surface area contributed by atoms with Crippen LogP contribution in [0.25, 0.3) is 11.1 Å². The predicted octanol–water partition coefficient (Wildman–Crippen LogP) is 5.26. The Morgan fingerprint density at radius 2 is 1.55 bits per heavy atom. The lowest BCUT2D eigenvalue weighted by Gasteiger charge is -2.31. The fraction of sp³-hybridized carbons (Fsp3) is 0.382. The summed E-state index contributed by atoms with van der Waals surface area (Å²) in [6, 6.07) is 25.2. The van der Waals surface area contributed by atoms with Crippen molar-refractivity contribution < 1.29 is 19.1 Å². The maximum absolute atomic E-state index is 12.6. The number of carbonyl (C=O) groups excluding carboxylic acids is 3. The SMILES string of the molecule is O=C(Nc1ccccc1-c1ccccc1)OC1CCN(CCNCC(=O)c2ccc(CNC(=O)C3CCC3)cc2)CC1. The highest BCUT2D eigenvalue weighted by molar-refractivity contribution is 5.97. The fourth-order valence-corrected chi connectivity index (χ4v) is 5.36. The molecule has 0 radical (unpaired) electrons. The number of hydrogen-bond acceptors (Lipinski definition) is 6. The number of Topliss-reactive ketones (excluding diaryl/α,β-unsaturated/α-hetero) is 1. The van der Waals surface area contributed by atoms with Crippen molar-refractivity contribution in [1.82, 2.24) is 15.5 Å². The van der Waals surface area contributed by atoms with Crippen LogP contribution >= 0.6 is 0 Å². The fourth-order valence-electron chi connectivity index (χ4n) is 5.36. The molecule has 0 aromatic heterocycles. The second-order valence-electron chi connectivity index (χ2n) is 11.1. The van der Waals surface area contributed by atoms with Gasteiger partial charge in [-0.2, -0.15) is 0 Å². The first kappa shape index (κ1) is 29.5. The quantitative estimate of drug-likeness (QED) is 0.204. The van der Waals surface area contributed by atoms with Crippen molar-refractivity contribution in [3.05, 3.63) is 90.0 Å². The van der Waals surface area contributed by atoms with E-state index >= 15 is 0 Å². The van der Waals surface area contributed by atoms with Gasteiger partial charge in [0, 0.05) is 49.8 Å². The zero-order valence-corrected chi connectivity index (χ0v) is 24.0. The van der Waals surface area contributed by atoms with E-state index in [1.807, 2.05) is 78.9 Å². The summed E-state index contributed by atoms with van der Waals surface area (Å²) in [6.07, 6.45) is 4.13. The summed E-state index contributed by atoms with van der Waals surface area (Å²) in [6.45, 7) is 3.99. The van der Waals surface area contributed by atoms with Crippen molar-refractivity contribution in [2.24, 2.45) is 5.92 Å². The van der Waals surface area contributed by atoms with Crippen molar-refractivity contribution in [3.8, 4) is 11.1 Å².